The maximum atomic E-state index is 2.63. The second-order valence-electron chi connectivity index (χ2n) is 20.8. The van der Waals surface area contributed by atoms with E-state index in [-0.39, 0.29) is 16.2 Å². The summed E-state index contributed by atoms with van der Waals surface area (Å²) in [5.74, 6) is 3.51. The summed E-state index contributed by atoms with van der Waals surface area (Å²) >= 11 is 0. The normalized spacial score (nSPS) is 28.0. The van der Waals surface area contributed by atoms with Gasteiger partial charge in [-0.1, -0.05) is 137 Å². The van der Waals surface area contributed by atoms with Crippen molar-refractivity contribution >= 4 is 27.8 Å². The first-order valence-electron chi connectivity index (χ1n) is 22.6. The molecule has 4 saturated carbocycles. The Kier molecular flexibility index (Phi) is 6.81. The summed E-state index contributed by atoms with van der Waals surface area (Å²) in [6, 6.07) is 58.5. The first-order valence-corrected chi connectivity index (χ1v) is 22.6. The Hall–Kier alpha value is -5.40. The highest BCUT2D eigenvalue weighted by Gasteiger charge is 2.84. The smallest absolute Gasteiger partial charge is 0.0543 e. The lowest BCUT2D eigenvalue weighted by molar-refractivity contribution is -0.231. The van der Waals surface area contributed by atoms with Gasteiger partial charge >= 0.3 is 0 Å². The fourth-order valence-corrected chi connectivity index (χ4v) is 14.7. The van der Waals surface area contributed by atoms with Gasteiger partial charge in [-0.2, -0.15) is 0 Å². The van der Waals surface area contributed by atoms with Gasteiger partial charge in [0.15, 0.2) is 0 Å². The molecule has 1 nitrogen and oxygen atoms in total. The highest BCUT2D eigenvalue weighted by molar-refractivity contribution is 5.97. The van der Waals surface area contributed by atoms with E-state index in [0.717, 1.165) is 23.7 Å². The number of fused-ring (bicyclic) bond motifs is 10. The maximum Gasteiger partial charge on any atom is 0.0543 e. The summed E-state index contributed by atoms with van der Waals surface area (Å²) in [6.45, 7) is 9.81. The van der Waals surface area contributed by atoms with E-state index >= 15 is 0 Å². The summed E-state index contributed by atoms with van der Waals surface area (Å²) in [5, 5.41) is 2.54. The van der Waals surface area contributed by atoms with E-state index in [2.05, 4.69) is 184 Å². The van der Waals surface area contributed by atoms with Crippen molar-refractivity contribution in [1.29, 1.82) is 0 Å². The van der Waals surface area contributed by atoms with E-state index in [1.54, 1.807) is 11.1 Å². The molecule has 0 aromatic heterocycles. The molecule has 59 heavy (non-hydrogen) atoms. The predicted octanol–water partition coefficient (Wildman–Crippen LogP) is 15.3. The van der Waals surface area contributed by atoms with Gasteiger partial charge < -0.3 is 4.90 Å². The molecular weight excluding hydrogens is 711 g/mol. The second kappa shape index (κ2) is 11.7. The molecule has 6 aliphatic carbocycles. The Balaban J connectivity index is 0.959. The summed E-state index contributed by atoms with van der Waals surface area (Å²) in [4.78, 5) is 2.63. The summed E-state index contributed by atoms with van der Waals surface area (Å²) < 4.78 is 0. The molecule has 0 amide bonds. The molecule has 4 fully saturated rings. The van der Waals surface area contributed by atoms with Gasteiger partial charge in [0.05, 0.1) is 5.69 Å². The molecule has 13 rings (SSSR count). The molecule has 0 N–H and O–H groups in total. The molecule has 1 heteroatoms. The molecule has 0 radical (unpaired) electrons. The molecular formula is C58H53N. The molecule has 7 aromatic rings. The van der Waals surface area contributed by atoms with E-state index in [4.69, 9.17) is 0 Å². The Labute approximate surface area is 350 Å². The molecule has 7 aromatic carbocycles. The van der Waals surface area contributed by atoms with Crippen molar-refractivity contribution in [3.63, 3.8) is 0 Å². The molecule has 0 heterocycles. The van der Waals surface area contributed by atoms with Crippen LogP contribution in [0.4, 0.5) is 17.1 Å². The average molecular weight is 764 g/mol. The van der Waals surface area contributed by atoms with Crippen molar-refractivity contribution in [3.8, 4) is 33.4 Å². The molecule has 6 unspecified atom stereocenters. The number of anilines is 3. The zero-order valence-corrected chi connectivity index (χ0v) is 34.9. The lowest BCUT2D eigenvalue weighted by atomic mass is 9.27. The molecule has 0 saturated heterocycles. The Morgan fingerprint density at radius 2 is 1.10 bits per heavy atom. The molecule has 6 atom stereocenters. The van der Waals surface area contributed by atoms with E-state index in [9.17, 15) is 0 Å². The van der Waals surface area contributed by atoms with Crippen LogP contribution in [0.15, 0.2) is 152 Å². The maximum absolute atomic E-state index is 2.63. The molecule has 6 aliphatic rings. The monoisotopic (exact) mass is 763 g/mol. The molecule has 2 bridgehead atoms. The number of nitrogens with zero attached hydrogens (tertiary/aromatic N) is 1. The predicted molar refractivity (Wildman–Crippen MR) is 246 cm³/mol. The zero-order chi connectivity index (χ0) is 39.5. The summed E-state index contributed by atoms with van der Waals surface area (Å²) in [7, 11) is 0. The Morgan fingerprint density at radius 3 is 1.85 bits per heavy atom. The van der Waals surface area contributed by atoms with Crippen molar-refractivity contribution in [2.45, 2.75) is 82.5 Å². The van der Waals surface area contributed by atoms with Crippen molar-refractivity contribution in [1.82, 2.24) is 0 Å². The Bertz CT molecular complexity index is 2880. The van der Waals surface area contributed by atoms with E-state index in [1.807, 2.05) is 0 Å². The number of hydrogen-bond donors (Lipinski definition) is 0. The molecule has 0 aliphatic heterocycles. The minimum Gasteiger partial charge on any atom is -0.310 e. The topological polar surface area (TPSA) is 3.24 Å². The minimum absolute atomic E-state index is 0.117. The fourth-order valence-electron chi connectivity index (χ4n) is 14.7. The number of rotatable bonds is 5. The van der Waals surface area contributed by atoms with Gasteiger partial charge in [0, 0.05) is 22.4 Å². The van der Waals surface area contributed by atoms with Crippen LogP contribution in [-0.4, -0.2) is 0 Å². The van der Waals surface area contributed by atoms with Crippen molar-refractivity contribution in [2.24, 2.45) is 29.1 Å². The number of hydrogen-bond acceptors (Lipinski definition) is 1. The lowest BCUT2D eigenvalue weighted by Gasteiger charge is -2.76. The first-order chi connectivity index (χ1) is 28.7. The van der Waals surface area contributed by atoms with Crippen LogP contribution < -0.4 is 4.90 Å². The third-order valence-corrected chi connectivity index (χ3v) is 17.4. The molecule has 2 spiro atoms. The van der Waals surface area contributed by atoms with Gasteiger partial charge in [-0.15, -0.1) is 0 Å². The third kappa shape index (κ3) is 4.42. The van der Waals surface area contributed by atoms with Crippen LogP contribution in [0.2, 0.25) is 0 Å². The van der Waals surface area contributed by atoms with Gasteiger partial charge in [-0.3, -0.25) is 0 Å². The van der Waals surface area contributed by atoms with Gasteiger partial charge in [0.2, 0.25) is 0 Å². The standard InChI is InChI=1S/C58H53N/c1-55(2)27-28-56(3,4)50-34-45(25-26-48(50)55)59(44-23-21-38(22-24-44)40-18-20-41-31-39(17-19-42(41)32-40)37-11-6-5-7-12-37)51-16-10-15-49-54(51)46-13-8-9-14-47(46)58(49)52-30-36-29-43-33-53(58)57(43,52)35-36/h5-26,31-32,34,36,43,52-53H,27-30,33,35H2,1-4H3. The van der Waals surface area contributed by atoms with Crippen LogP contribution in [0.5, 0.6) is 0 Å². The zero-order valence-electron chi connectivity index (χ0n) is 34.9. The highest BCUT2D eigenvalue weighted by Crippen LogP contribution is 2.89. The van der Waals surface area contributed by atoms with Crippen LogP contribution in [0.25, 0.3) is 44.2 Å². The van der Waals surface area contributed by atoms with Crippen molar-refractivity contribution in [3.05, 3.63) is 174 Å². The van der Waals surface area contributed by atoms with Crippen LogP contribution in [0.1, 0.15) is 88.5 Å². The van der Waals surface area contributed by atoms with Crippen LogP contribution >= 0.6 is 0 Å². The summed E-state index contributed by atoms with van der Waals surface area (Å²) in [6.07, 6.45) is 8.27. The SMILES string of the molecule is CC1(C)CCC(C)(C)c2cc(N(c3ccc(-c4ccc5cc(-c6ccccc6)ccc5c4)cc3)c3cccc4c3-c3ccccc3C43C4CC5CC6CC3C64C5)ccc21. The van der Waals surface area contributed by atoms with Gasteiger partial charge in [0.1, 0.15) is 0 Å². The van der Waals surface area contributed by atoms with Crippen molar-refractivity contribution in [2.75, 3.05) is 4.90 Å². The summed E-state index contributed by atoms with van der Waals surface area (Å²) in [5.41, 5.74) is 19.1. The van der Waals surface area contributed by atoms with E-state index in [1.165, 1.54) is 111 Å². The first kappa shape index (κ1) is 34.5. The van der Waals surface area contributed by atoms with Crippen LogP contribution in [0.3, 0.4) is 0 Å². The van der Waals surface area contributed by atoms with Gasteiger partial charge in [-0.25, -0.2) is 0 Å². The largest absolute Gasteiger partial charge is 0.310 e. The van der Waals surface area contributed by atoms with E-state index < -0.39 is 0 Å². The quantitative estimate of drug-likeness (QED) is 0.169. The average Bonchev–Trinajstić information content (AvgIpc) is 3.90. The van der Waals surface area contributed by atoms with Gasteiger partial charge in [-0.05, 0) is 182 Å². The van der Waals surface area contributed by atoms with Gasteiger partial charge in [0.25, 0.3) is 0 Å². The minimum atomic E-state index is 0.117. The lowest BCUT2D eigenvalue weighted by Crippen LogP contribution is -2.73. The fraction of sp³-hybridized carbons (Fsp3) is 0.310. The highest BCUT2D eigenvalue weighted by atomic mass is 15.1. The Morgan fingerprint density at radius 1 is 0.475 bits per heavy atom. The van der Waals surface area contributed by atoms with Crippen LogP contribution in [0, 0.1) is 29.1 Å². The van der Waals surface area contributed by atoms with Crippen LogP contribution in [-0.2, 0) is 16.2 Å². The third-order valence-electron chi connectivity index (χ3n) is 17.4. The van der Waals surface area contributed by atoms with Crippen molar-refractivity contribution < 1.29 is 0 Å². The van der Waals surface area contributed by atoms with E-state index in [0.29, 0.717) is 5.41 Å². The second-order valence-corrected chi connectivity index (χ2v) is 20.8. The number of benzene rings is 7. The molecule has 290 valence electrons.